The second kappa shape index (κ2) is 9.70. The van der Waals surface area contributed by atoms with Crippen molar-refractivity contribution < 1.29 is 9.53 Å². The normalized spacial score (nSPS) is 14.7. The summed E-state index contributed by atoms with van der Waals surface area (Å²) in [5.41, 5.74) is 7.43. The van der Waals surface area contributed by atoms with Crippen molar-refractivity contribution in [3.8, 4) is 5.75 Å². The number of ether oxygens (including phenoxy) is 1. The molecule has 1 aliphatic rings. The Balaban J connectivity index is 1.46. The van der Waals surface area contributed by atoms with Crippen LogP contribution in [-0.4, -0.2) is 20.7 Å². The van der Waals surface area contributed by atoms with Gasteiger partial charge in [0, 0.05) is 11.4 Å². The van der Waals surface area contributed by atoms with Gasteiger partial charge < -0.3 is 15.4 Å². The van der Waals surface area contributed by atoms with Crippen LogP contribution >= 0.6 is 0 Å². The average molecular weight is 480 g/mol. The van der Waals surface area contributed by atoms with Gasteiger partial charge in [-0.15, -0.1) is 0 Å². The molecular weight excluding hydrogens is 450 g/mol. The highest BCUT2D eigenvalue weighted by Gasteiger charge is 2.33. The number of aryl methyl sites for hydroxylation is 3. The lowest BCUT2D eigenvalue weighted by Crippen LogP contribution is -2.31. The second-order valence-electron chi connectivity index (χ2n) is 9.21. The van der Waals surface area contributed by atoms with E-state index in [2.05, 4.69) is 58.0 Å². The van der Waals surface area contributed by atoms with Gasteiger partial charge in [-0.3, -0.25) is 4.79 Å². The summed E-state index contributed by atoms with van der Waals surface area (Å²) >= 11 is 0. The molecule has 0 aliphatic carbocycles. The van der Waals surface area contributed by atoms with E-state index in [0.29, 0.717) is 18.1 Å². The minimum atomic E-state index is -0.461. The first-order valence-electron chi connectivity index (χ1n) is 11.9. The number of fused-ring (bicyclic) bond motifs is 1. The maximum Gasteiger partial charge on any atom is 0.255 e. The molecule has 1 aromatic heterocycles. The molecule has 3 aromatic carbocycles. The molecule has 0 fully saturated rings. The van der Waals surface area contributed by atoms with E-state index in [-0.39, 0.29) is 5.91 Å². The van der Waals surface area contributed by atoms with E-state index in [1.807, 2.05) is 57.2 Å². The van der Waals surface area contributed by atoms with E-state index < -0.39 is 6.04 Å². The highest BCUT2D eigenvalue weighted by Crippen LogP contribution is 2.36. The lowest BCUT2D eigenvalue weighted by Gasteiger charge is -2.29. The van der Waals surface area contributed by atoms with Crippen LogP contribution in [0, 0.1) is 20.8 Å². The van der Waals surface area contributed by atoms with E-state index in [1.54, 1.807) is 4.68 Å². The Morgan fingerprint density at radius 2 is 1.78 bits per heavy atom. The summed E-state index contributed by atoms with van der Waals surface area (Å²) in [5.74, 6) is 1.12. The van der Waals surface area contributed by atoms with Crippen LogP contribution in [0.25, 0.3) is 0 Å². The third-order valence-electron chi connectivity index (χ3n) is 6.37. The summed E-state index contributed by atoms with van der Waals surface area (Å²) in [6.45, 7) is 8.44. The van der Waals surface area contributed by atoms with Crippen molar-refractivity contribution in [2.45, 2.75) is 40.3 Å². The number of benzene rings is 3. The highest BCUT2D eigenvalue weighted by atomic mass is 16.5. The number of aromatic nitrogens is 3. The number of hydrogen-bond acceptors (Lipinski definition) is 5. The zero-order valence-electron chi connectivity index (χ0n) is 20.9. The number of anilines is 2. The van der Waals surface area contributed by atoms with Gasteiger partial charge in [0.15, 0.2) is 0 Å². The molecule has 0 radical (unpaired) electrons. The number of nitrogens with one attached hydrogen (secondary N) is 2. The quantitative estimate of drug-likeness (QED) is 0.370. The molecule has 7 nitrogen and oxygen atoms in total. The number of rotatable bonds is 6. The van der Waals surface area contributed by atoms with Gasteiger partial charge in [0.2, 0.25) is 5.95 Å². The minimum absolute atomic E-state index is 0.191. The standard InChI is InChI=1S/C29H29N5O2/c1-18-8-11-22(12-9-18)16-36-24-7-5-6-23(15-24)27-26(21(4)32-29-30-17-31-34(27)29)28(35)33-25-13-10-19(2)14-20(25)3/h5-15,17,27H,16H2,1-4H3,(H,33,35)(H,30,31,32). The van der Waals surface area contributed by atoms with Crippen molar-refractivity contribution >= 4 is 17.5 Å². The molecule has 36 heavy (non-hydrogen) atoms. The van der Waals surface area contributed by atoms with Crippen molar-refractivity contribution in [3.05, 3.63) is 112 Å². The molecular formula is C29H29N5O2. The van der Waals surface area contributed by atoms with Crippen molar-refractivity contribution in [1.29, 1.82) is 0 Å². The third-order valence-corrected chi connectivity index (χ3v) is 6.37. The van der Waals surface area contributed by atoms with Gasteiger partial charge in [-0.2, -0.15) is 10.1 Å². The van der Waals surface area contributed by atoms with Crippen LogP contribution in [-0.2, 0) is 11.4 Å². The van der Waals surface area contributed by atoms with Gasteiger partial charge in [0.05, 0.1) is 5.57 Å². The maximum absolute atomic E-state index is 13.7. The van der Waals surface area contributed by atoms with Crippen LogP contribution in [0.4, 0.5) is 11.6 Å². The Labute approximate surface area is 210 Å². The number of allylic oxidation sites excluding steroid dienone is 1. The van der Waals surface area contributed by atoms with Crippen molar-refractivity contribution in [2.75, 3.05) is 10.6 Å². The van der Waals surface area contributed by atoms with Gasteiger partial charge >= 0.3 is 0 Å². The summed E-state index contributed by atoms with van der Waals surface area (Å²) < 4.78 is 7.84. The number of carbonyl (C=O) groups is 1. The smallest absolute Gasteiger partial charge is 0.255 e. The molecule has 182 valence electrons. The van der Waals surface area contributed by atoms with E-state index >= 15 is 0 Å². The summed E-state index contributed by atoms with van der Waals surface area (Å²) in [7, 11) is 0. The molecule has 1 amide bonds. The maximum atomic E-state index is 13.7. The van der Waals surface area contributed by atoms with Crippen molar-refractivity contribution in [3.63, 3.8) is 0 Å². The number of amides is 1. The zero-order chi connectivity index (χ0) is 25.2. The lowest BCUT2D eigenvalue weighted by atomic mass is 9.94. The summed E-state index contributed by atoms with van der Waals surface area (Å²) in [6, 6.07) is 21.6. The molecule has 2 N–H and O–H groups in total. The number of nitrogens with zero attached hydrogens (tertiary/aromatic N) is 3. The molecule has 1 unspecified atom stereocenters. The van der Waals surface area contributed by atoms with Crippen LogP contribution < -0.4 is 15.4 Å². The molecule has 0 bridgehead atoms. The number of carbonyl (C=O) groups excluding carboxylic acids is 1. The fourth-order valence-corrected chi connectivity index (χ4v) is 4.46. The Bertz CT molecular complexity index is 1450. The third kappa shape index (κ3) is 4.73. The van der Waals surface area contributed by atoms with Crippen LogP contribution in [0.1, 0.15) is 40.8 Å². The van der Waals surface area contributed by atoms with Crippen LogP contribution in [0.5, 0.6) is 5.75 Å². The van der Waals surface area contributed by atoms with Crippen LogP contribution in [0.2, 0.25) is 0 Å². The predicted octanol–water partition coefficient (Wildman–Crippen LogP) is 5.71. The SMILES string of the molecule is CC1=C(C(=O)Nc2ccc(C)cc2C)C(c2cccc(OCc3ccc(C)cc3)c2)n2ncnc2N1. The monoisotopic (exact) mass is 479 g/mol. The first kappa shape index (κ1) is 23.4. The molecule has 2 heterocycles. The first-order chi connectivity index (χ1) is 17.4. The molecule has 1 atom stereocenters. The first-order valence-corrected chi connectivity index (χ1v) is 11.9. The van der Waals surface area contributed by atoms with Gasteiger partial charge in [-0.05, 0) is 62.6 Å². The molecule has 0 spiro atoms. The van der Waals surface area contributed by atoms with Gasteiger partial charge in [-0.1, -0.05) is 59.7 Å². The largest absolute Gasteiger partial charge is 0.489 e. The molecule has 1 aliphatic heterocycles. The summed E-state index contributed by atoms with van der Waals surface area (Å²) in [5, 5.41) is 10.8. The zero-order valence-corrected chi connectivity index (χ0v) is 20.9. The lowest BCUT2D eigenvalue weighted by molar-refractivity contribution is -0.113. The number of hydrogen-bond donors (Lipinski definition) is 2. The molecule has 4 aromatic rings. The topological polar surface area (TPSA) is 81.1 Å². The van der Waals surface area contributed by atoms with E-state index in [9.17, 15) is 4.79 Å². The van der Waals surface area contributed by atoms with E-state index in [1.165, 1.54) is 11.9 Å². The van der Waals surface area contributed by atoms with Crippen molar-refractivity contribution in [1.82, 2.24) is 14.8 Å². The summed E-state index contributed by atoms with van der Waals surface area (Å²) in [4.78, 5) is 18.0. The van der Waals surface area contributed by atoms with Gasteiger partial charge in [-0.25, -0.2) is 4.68 Å². The molecule has 5 rings (SSSR count). The molecule has 0 saturated carbocycles. The van der Waals surface area contributed by atoms with Crippen molar-refractivity contribution in [2.24, 2.45) is 0 Å². The Morgan fingerprint density at radius 1 is 1.00 bits per heavy atom. The Morgan fingerprint density at radius 3 is 2.56 bits per heavy atom. The Hall–Kier alpha value is -4.39. The molecule has 0 saturated heterocycles. The summed E-state index contributed by atoms with van der Waals surface area (Å²) in [6.07, 6.45) is 1.49. The fraction of sp³-hybridized carbons (Fsp3) is 0.207. The average Bonchev–Trinajstić information content (AvgIpc) is 3.32. The second-order valence-corrected chi connectivity index (χ2v) is 9.21. The van der Waals surface area contributed by atoms with Crippen LogP contribution in [0.15, 0.2) is 84.3 Å². The van der Waals surface area contributed by atoms with E-state index in [0.717, 1.165) is 39.4 Å². The Kier molecular flexibility index (Phi) is 6.29. The predicted molar refractivity (Wildman–Crippen MR) is 141 cm³/mol. The minimum Gasteiger partial charge on any atom is -0.489 e. The van der Waals surface area contributed by atoms with Gasteiger partial charge in [0.1, 0.15) is 24.7 Å². The fourth-order valence-electron chi connectivity index (χ4n) is 4.46. The highest BCUT2D eigenvalue weighted by molar-refractivity contribution is 6.06. The molecule has 7 heteroatoms. The van der Waals surface area contributed by atoms with E-state index in [4.69, 9.17) is 4.74 Å². The van der Waals surface area contributed by atoms with Gasteiger partial charge in [0.25, 0.3) is 5.91 Å². The van der Waals surface area contributed by atoms with Crippen LogP contribution in [0.3, 0.4) is 0 Å².